The van der Waals surface area contributed by atoms with Crippen LogP contribution in [0.25, 0.3) is 0 Å². The first-order chi connectivity index (χ1) is 8.33. The third kappa shape index (κ3) is 2.87. The Kier molecular flexibility index (Phi) is 4.01. The fraction of sp³-hybridized carbons (Fsp3) is 1.00. The first-order valence-electron chi connectivity index (χ1n) is 6.21. The van der Waals surface area contributed by atoms with Crippen LogP contribution in [0.15, 0.2) is 0 Å². The topological polar surface area (TPSA) is 83.6 Å². The highest BCUT2D eigenvalue weighted by Crippen LogP contribution is 2.24. The van der Waals surface area contributed by atoms with E-state index in [1.54, 1.807) is 7.05 Å². The summed E-state index contributed by atoms with van der Waals surface area (Å²) in [5, 5.41) is 2.44. The minimum Gasteiger partial charge on any atom is -0.317 e. The van der Waals surface area contributed by atoms with Crippen molar-refractivity contribution in [3.8, 4) is 0 Å². The molecule has 2 saturated heterocycles. The van der Waals surface area contributed by atoms with Gasteiger partial charge in [-0.05, 0) is 32.4 Å². The minimum atomic E-state index is -3.48. The smallest absolute Gasteiger partial charge is 0.218 e. The van der Waals surface area contributed by atoms with E-state index in [-0.39, 0.29) is 24.0 Å². The van der Waals surface area contributed by atoms with Crippen molar-refractivity contribution < 1.29 is 16.8 Å². The zero-order valence-corrected chi connectivity index (χ0v) is 12.1. The number of hydrogen-bond acceptors (Lipinski definition) is 5. The second-order valence-corrected chi connectivity index (χ2v) is 9.57. The molecule has 0 aromatic heterocycles. The van der Waals surface area contributed by atoms with Gasteiger partial charge in [-0.2, -0.15) is 0 Å². The van der Waals surface area contributed by atoms with Crippen LogP contribution in [-0.2, 0) is 19.9 Å². The predicted molar refractivity (Wildman–Crippen MR) is 69.6 cm³/mol. The van der Waals surface area contributed by atoms with Crippen LogP contribution in [-0.4, -0.2) is 64.1 Å². The van der Waals surface area contributed by atoms with Crippen molar-refractivity contribution >= 4 is 19.9 Å². The van der Waals surface area contributed by atoms with Gasteiger partial charge in [0.25, 0.3) is 0 Å². The number of sulfone groups is 1. The van der Waals surface area contributed by atoms with E-state index in [4.69, 9.17) is 0 Å². The monoisotopic (exact) mass is 296 g/mol. The van der Waals surface area contributed by atoms with E-state index in [0.29, 0.717) is 0 Å². The lowest BCUT2D eigenvalue weighted by Crippen LogP contribution is -2.47. The van der Waals surface area contributed by atoms with Gasteiger partial charge in [0, 0.05) is 13.1 Å². The molecule has 0 spiro atoms. The van der Waals surface area contributed by atoms with E-state index in [9.17, 15) is 16.8 Å². The Balaban J connectivity index is 2.10. The lowest BCUT2D eigenvalue weighted by atomic mass is 10.1. The van der Waals surface area contributed by atoms with E-state index in [0.717, 1.165) is 25.9 Å². The van der Waals surface area contributed by atoms with Crippen LogP contribution in [0, 0.1) is 0 Å². The summed E-state index contributed by atoms with van der Waals surface area (Å²) in [4.78, 5) is 0. The van der Waals surface area contributed by atoms with E-state index >= 15 is 0 Å². The average molecular weight is 296 g/mol. The van der Waals surface area contributed by atoms with E-state index in [1.165, 1.54) is 4.31 Å². The molecule has 1 N–H and O–H groups in total. The Morgan fingerprint density at radius 3 is 2.28 bits per heavy atom. The second-order valence-electron chi connectivity index (χ2n) is 5.07. The molecular weight excluding hydrogens is 276 g/mol. The Hall–Kier alpha value is -0.180. The maximum Gasteiger partial charge on any atom is 0.218 e. The molecule has 0 aromatic rings. The molecule has 2 aliphatic rings. The molecule has 18 heavy (non-hydrogen) atoms. The van der Waals surface area contributed by atoms with Crippen molar-refractivity contribution in [2.45, 2.75) is 30.6 Å². The molecule has 1 unspecified atom stereocenters. The minimum absolute atomic E-state index is 0.000413. The molecular formula is C10H20N2O4S2. The molecule has 0 aromatic carbocycles. The quantitative estimate of drug-likeness (QED) is 0.736. The SMILES string of the molecule is CN(C1CCNCC1)S(=O)(=O)C1CCS(=O)(=O)C1. The number of nitrogens with zero attached hydrogens (tertiary/aromatic N) is 1. The summed E-state index contributed by atoms with van der Waals surface area (Å²) < 4.78 is 48.9. The van der Waals surface area contributed by atoms with Gasteiger partial charge in [-0.25, -0.2) is 21.1 Å². The maximum absolute atomic E-state index is 12.4. The summed E-state index contributed by atoms with van der Waals surface area (Å²) in [6, 6.07) is -0.000413. The Bertz CT molecular complexity index is 494. The van der Waals surface area contributed by atoms with Gasteiger partial charge < -0.3 is 5.32 Å². The van der Waals surface area contributed by atoms with Gasteiger partial charge in [0.1, 0.15) is 0 Å². The van der Waals surface area contributed by atoms with Crippen molar-refractivity contribution in [3.63, 3.8) is 0 Å². The number of rotatable bonds is 3. The van der Waals surface area contributed by atoms with Crippen LogP contribution < -0.4 is 5.32 Å². The summed E-state index contributed by atoms with van der Waals surface area (Å²) in [7, 11) is -5.06. The van der Waals surface area contributed by atoms with Crippen molar-refractivity contribution in [2.24, 2.45) is 0 Å². The fourth-order valence-corrected chi connectivity index (χ4v) is 7.12. The first-order valence-corrected chi connectivity index (χ1v) is 9.53. The molecule has 1 atom stereocenters. The molecule has 0 saturated carbocycles. The average Bonchev–Trinajstić information content (AvgIpc) is 2.70. The summed E-state index contributed by atoms with van der Waals surface area (Å²) >= 11 is 0. The summed E-state index contributed by atoms with van der Waals surface area (Å²) in [5.41, 5.74) is 0. The number of nitrogens with one attached hydrogen (secondary N) is 1. The van der Waals surface area contributed by atoms with Gasteiger partial charge in [-0.1, -0.05) is 0 Å². The van der Waals surface area contributed by atoms with Crippen LogP contribution in [0.4, 0.5) is 0 Å². The lowest BCUT2D eigenvalue weighted by Gasteiger charge is -2.32. The first kappa shape index (κ1) is 14.2. The van der Waals surface area contributed by atoms with Crippen LogP contribution >= 0.6 is 0 Å². The Morgan fingerprint density at radius 2 is 1.78 bits per heavy atom. The molecule has 8 heteroatoms. The van der Waals surface area contributed by atoms with Crippen LogP contribution in [0.1, 0.15) is 19.3 Å². The predicted octanol–water partition coefficient (Wildman–Crippen LogP) is -0.813. The van der Waals surface area contributed by atoms with E-state index < -0.39 is 25.1 Å². The van der Waals surface area contributed by atoms with Gasteiger partial charge >= 0.3 is 0 Å². The van der Waals surface area contributed by atoms with Crippen molar-refractivity contribution in [2.75, 3.05) is 31.6 Å². The van der Waals surface area contributed by atoms with Crippen LogP contribution in [0.3, 0.4) is 0 Å². The molecule has 2 heterocycles. The summed E-state index contributed by atoms with van der Waals surface area (Å²) in [6.07, 6.45) is 1.81. The van der Waals surface area contributed by atoms with Crippen molar-refractivity contribution in [1.82, 2.24) is 9.62 Å². The fourth-order valence-electron chi connectivity index (χ4n) is 2.61. The Labute approximate surface area is 109 Å². The number of piperidine rings is 1. The summed E-state index contributed by atoms with van der Waals surface area (Å²) in [5.74, 6) is -0.221. The zero-order chi connectivity index (χ0) is 13.4. The highest BCUT2D eigenvalue weighted by atomic mass is 32.2. The number of sulfonamides is 1. The lowest BCUT2D eigenvalue weighted by molar-refractivity contribution is 0.294. The van der Waals surface area contributed by atoms with E-state index in [2.05, 4.69) is 5.32 Å². The van der Waals surface area contributed by atoms with Gasteiger partial charge in [0.2, 0.25) is 10.0 Å². The maximum atomic E-state index is 12.4. The number of hydrogen-bond donors (Lipinski definition) is 1. The molecule has 0 aliphatic carbocycles. The molecule has 6 nitrogen and oxygen atoms in total. The highest BCUT2D eigenvalue weighted by molar-refractivity contribution is 7.95. The molecule has 106 valence electrons. The van der Waals surface area contributed by atoms with Crippen molar-refractivity contribution in [1.29, 1.82) is 0 Å². The van der Waals surface area contributed by atoms with Crippen LogP contribution in [0.5, 0.6) is 0 Å². The van der Waals surface area contributed by atoms with Gasteiger partial charge in [0.05, 0.1) is 16.8 Å². The third-order valence-corrected chi connectivity index (χ3v) is 8.16. The summed E-state index contributed by atoms with van der Waals surface area (Å²) in [6.45, 7) is 1.63. The third-order valence-electron chi connectivity index (χ3n) is 3.84. The normalized spacial score (nSPS) is 29.8. The molecule has 2 aliphatic heterocycles. The Morgan fingerprint density at radius 1 is 1.17 bits per heavy atom. The van der Waals surface area contributed by atoms with Gasteiger partial charge in [0.15, 0.2) is 9.84 Å². The second kappa shape index (κ2) is 5.07. The van der Waals surface area contributed by atoms with E-state index in [1.807, 2.05) is 0 Å². The molecule has 2 fully saturated rings. The highest BCUT2D eigenvalue weighted by Gasteiger charge is 2.41. The molecule has 0 radical (unpaired) electrons. The standard InChI is InChI=1S/C10H20N2O4S2/c1-12(9-2-5-11-6-3-9)18(15,16)10-4-7-17(13,14)8-10/h9-11H,2-8H2,1H3. The van der Waals surface area contributed by atoms with Gasteiger partial charge in [-0.3, -0.25) is 0 Å². The zero-order valence-electron chi connectivity index (χ0n) is 10.5. The molecule has 2 rings (SSSR count). The molecule has 0 bridgehead atoms. The largest absolute Gasteiger partial charge is 0.317 e. The van der Waals surface area contributed by atoms with Crippen molar-refractivity contribution in [3.05, 3.63) is 0 Å². The molecule has 0 amide bonds. The van der Waals surface area contributed by atoms with Gasteiger partial charge in [-0.15, -0.1) is 0 Å². The van der Waals surface area contributed by atoms with Crippen LogP contribution in [0.2, 0.25) is 0 Å².